The molecule has 2 aromatic heterocycles. The molecule has 0 saturated carbocycles. The number of para-hydroxylation sites is 1. The first-order chi connectivity index (χ1) is 14.9. The van der Waals surface area contributed by atoms with Crippen molar-refractivity contribution in [3.63, 3.8) is 0 Å². The number of amides is 1. The fourth-order valence-electron chi connectivity index (χ4n) is 2.82. The lowest BCUT2D eigenvalue weighted by Gasteiger charge is -2.13. The number of nitrogen functional groups attached to an aromatic ring is 1. The van der Waals surface area contributed by atoms with Crippen LogP contribution in [0.2, 0.25) is 10.0 Å². The van der Waals surface area contributed by atoms with Crippen molar-refractivity contribution in [3.05, 3.63) is 76.2 Å². The van der Waals surface area contributed by atoms with Crippen molar-refractivity contribution in [1.82, 2.24) is 20.4 Å². The summed E-state index contributed by atoms with van der Waals surface area (Å²) in [6, 6.07) is 14.0. The van der Waals surface area contributed by atoms with E-state index in [0.29, 0.717) is 16.3 Å². The van der Waals surface area contributed by atoms with Crippen molar-refractivity contribution in [2.45, 2.75) is 6.92 Å². The Kier molecular flexibility index (Phi) is 5.75. The Hall–Kier alpha value is -3.62. The standard InChI is InChI=1S/C21H16Cl2N6O2/c1-11-5-6-12-3-2-4-16(18(12)27-11)31-21-17(24)19(25-10-26-21)28-29-20(30)14-8-7-13(22)9-15(14)23/h2-10H,24H2,1H3,(H,29,30)(H,25,26,28). The van der Waals surface area contributed by atoms with Gasteiger partial charge in [-0.3, -0.25) is 15.6 Å². The highest BCUT2D eigenvalue weighted by Crippen LogP contribution is 2.32. The molecule has 0 aliphatic carbocycles. The minimum Gasteiger partial charge on any atom is -0.435 e. The molecule has 2 heterocycles. The van der Waals surface area contributed by atoms with E-state index in [2.05, 4.69) is 25.8 Å². The van der Waals surface area contributed by atoms with Crippen LogP contribution in [0.3, 0.4) is 0 Å². The predicted octanol–water partition coefficient (Wildman–Crippen LogP) is 4.77. The molecule has 0 saturated heterocycles. The highest BCUT2D eigenvalue weighted by molar-refractivity contribution is 6.36. The maximum absolute atomic E-state index is 12.4. The molecular formula is C21H16Cl2N6O2. The van der Waals surface area contributed by atoms with Gasteiger partial charge in [0.2, 0.25) is 5.88 Å². The van der Waals surface area contributed by atoms with Crippen molar-refractivity contribution in [3.8, 4) is 11.6 Å². The molecule has 0 spiro atoms. The van der Waals surface area contributed by atoms with Gasteiger partial charge in [0.1, 0.15) is 17.5 Å². The average Bonchev–Trinajstić information content (AvgIpc) is 2.74. The summed E-state index contributed by atoms with van der Waals surface area (Å²) in [5, 5.41) is 1.56. The van der Waals surface area contributed by atoms with Gasteiger partial charge in [-0.2, -0.15) is 4.98 Å². The van der Waals surface area contributed by atoms with E-state index in [9.17, 15) is 4.79 Å². The maximum atomic E-state index is 12.4. The molecule has 0 unspecified atom stereocenters. The minimum atomic E-state index is -0.490. The Balaban J connectivity index is 1.55. The molecule has 0 atom stereocenters. The smallest absolute Gasteiger partial charge is 0.271 e. The summed E-state index contributed by atoms with van der Waals surface area (Å²) in [5.41, 5.74) is 13.2. The first kappa shape index (κ1) is 20.6. The molecule has 0 aliphatic heterocycles. The number of halogens is 2. The first-order valence-electron chi connectivity index (χ1n) is 9.08. The highest BCUT2D eigenvalue weighted by atomic mass is 35.5. The fraction of sp³-hybridized carbons (Fsp3) is 0.0476. The number of nitrogens with two attached hydrogens (primary N) is 1. The predicted molar refractivity (Wildman–Crippen MR) is 121 cm³/mol. The Bertz CT molecular complexity index is 1300. The zero-order valence-corrected chi connectivity index (χ0v) is 17.7. The first-order valence-corrected chi connectivity index (χ1v) is 9.84. The van der Waals surface area contributed by atoms with Crippen molar-refractivity contribution in [2.75, 3.05) is 11.2 Å². The van der Waals surface area contributed by atoms with E-state index in [1.807, 2.05) is 31.2 Å². The number of carbonyl (C=O) groups excluding carboxylic acids is 1. The normalized spacial score (nSPS) is 10.7. The van der Waals surface area contributed by atoms with Gasteiger partial charge in [0, 0.05) is 16.1 Å². The van der Waals surface area contributed by atoms with E-state index < -0.39 is 5.91 Å². The number of anilines is 2. The van der Waals surface area contributed by atoms with Gasteiger partial charge >= 0.3 is 0 Å². The second-order valence-corrected chi connectivity index (χ2v) is 7.37. The second kappa shape index (κ2) is 8.63. The fourth-order valence-corrected chi connectivity index (χ4v) is 3.32. The molecule has 0 aliphatic rings. The molecule has 0 bridgehead atoms. The van der Waals surface area contributed by atoms with Crippen LogP contribution in [-0.4, -0.2) is 20.9 Å². The van der Waals surface area contributed by atoms with E-state index in [4.69, 9.17) is 33.7 Å². The van der Waals surface area contributed by atoms with Gasteiger partial charge in [0.25, 0.3) is 5.91 Å². The number of rotatable bonds is 5. The van der Waals surface area contributed by atoms with Crippen LogP contribution in [0, 0.1) is 6.92 Å². The molecular weight excluding hydrogens is 439 g/mol. The Morgan fingerprint density at radius 2 is 1.94 bits per heavy atom. The van der Waals surface area contributed by atoms with Crippen LogP contribution in [0.5, 0.6) is 11.6 Å². The zero-order valence-electron chi connectivity index (χ0n) is 16.2. The van der Waals surface area contributed by atoms with Gasteiger partial charge in [-0.1, -0.05) is 41.4 Å². The van der Waals surface area contributed by atoms with Crippen LogP contribution < -0.4 is 21.3 Å². The molecule has 10 heteroatoms. The SMILES string of the molecule is Cc1ccc2cccc(Oc3ncnc(NNC(=O)c4ccc(Cl)cc4Cl)c3N)c2n1. The Labute approximate surface area is 187 Å². The van der Waals surface area contributed by atoms with Gasteiger partial charge in [0.05, 0.1) is 10.6 Å². The molecule has 4 aromatic rings. The van der Waals surface area contributed by atoms with Gasteiger partial charge < -0.3 is 10.5 Å². The number of hydrogen-bond donors (Lipinski definition) is 3. The van der Waals surface area contributed by atoms with Crippen LogP contribution in [0.25, 0.3) is 10.9 Å². The minimum absolute atomic E-state index is 0.106. The quantitative estimate of drug-likeness (QED) is 0.371. The number of hydrazine groups is 1. The molecule has 2 aromatic carbocycles. The zero-order chi connectivity index (χ0) is 22.0. The number of pyridine rings is 1. The molecule has 156 valence electrons. The number of hydrogen-bond acceptors (Lipinski definition) is 7. The molecule has 4 N–H and O–H groups in total. The number of fused-ring (bicyclic) bond motifs is 1. The lowest BCUT2D eigenvalue weighted by Crippen LogP contribution is -2.30. The van der Waals surface area contributed by atoms with Gasteiger partial charge in [-0.05, 0) is 37.3 Å². The van der Waals surface area contributed by atoms with Gasteiger partial charge in [-0.25, -0.2) is 9.97 Å². The third-order valence-electron chi connectivity index (χ3n) is 4.35. The van der Waals surface area contributed by atoms with Crippen molar-refractivity contribution in [2.24, 2.45) is 0 Å². The molecule has 4 rings (SSSR count). The topological polar surface area (TPSA) is 115 Å². The Morgan fingerprint density at radius 3 is 2.74 bits per heavy atom. The van der Waals surface area contributed by atoms with Crippen molar-refractivity contribution < 1.29 is 9.53 Å². The number of nitrogens with zero attached hydrogens (tertiary/aromatic N) is 3. The van der Waals surface area contributed by atoms with E-state index in [1.165, 1.54) is 18.5 Å². The Morgan fingerprint density at radius 1 is 1.10 bits per heavy atom. The van der Waals surface area contributed by atoms with E-state index >= 15 is 0 Å². The average molecular weight is 455 g/mol. The number of carbonyl (C=O) groups is 1. The summed E-state index contributed by atoms with van der Waals surface area (Å²) >= 11 is 11.9. The highest BCUT2D eigenvalue weighted by Gasteiger charge is 2.15. The largest absolute Gasteiger partial charge is 0.435 e. The number of ether oxygens (including phenoxy) is 1. The number of aryl methyl sites for hydroxylation is 1. The molecule has 8 nitrogen and oxygen atoms in total. The van der Waals surface area contributed by atoms with E-state index in [-0.39, 0.29) is 28.0 Å². The lowest BCUT2D eigenvalue weighted by atomic mass is 10.2. The molecule has 0 fully saturated rings. The van der Waals surface area contributed by atoms with Crippen molar-refractivity contribution >= 4 is 51.5 Å². The molecule has 1 amide bonds. The maximum Gasteiger partial charge on any atom is 0.271 e. The van der Waals surface area contributed by atoms with Crippen LogP contribution in [-0.2, 0) is 0 Å². The molecule has 31 heavy (non-hydrogen) atoms. The lowest BCUT2D eigenvalue weighted by molar-refractivity contribution is 0.0962. The molecule has 0 radical (unpaired) electrons. The summed E-state index contributed by atoms with van der Waals surface area (Å²) in [5.74, 6) is 0.283. The summed E-state index contributed by atoms with van der Waals surface area (Å²) < 4.78 is 5.91. The second-order valence-electron chi connectivity index (χ2n) is 6.53. The summed E-state index contributed by atoms with van der Waals surface area (Å²) in [6.07, 6.45) is 1.26. The summed E-state index contributed by atoms with van der Waals surface area (Å²) in [7, 11) is 0. The number of benzene rings is 2. The summed E-state index contributed by atoms with van der Waals surface area (Å²) in [6.45, 7) is 1.90. The van der Waals surface area contributed by atoms with Crippen LogP contribution in [0.1, 0.15) is 16.1 Å². The van der Waals surface area contributed by atoms with E-state index in [1.54, 1.807) is 12.1 Å². The van der Waals surface area contributed by atoms with Crippen LogP contribution >= 0.6 is 23.2 Å². The summed E-state index contributed by atoms with van der Waals surface area (Å²) in [4.78, 5) is 25.1. The van der Waals surface area contributed by atoms with E-state index in [0.717, 1.165) is 11.1 Å². The van der Waals surface area contributed by atoms with Crippen molar-refractivity contribution in [1.29, 1.82) is 0 Å². The van der Waals surface area contributed by atoms with Gasteiger partial charge in [-0.15, -0.1) is 0 Å². The number of nitrogens with one attached hydrogen (secondary N) is 2. The van der Waals surface area contributed by atoms with Crippen LogP contribution in [0.15, 0.2) is 54.9 Å². The monoisotopic (exact) mass is 454 g/mol. The number of aromatic nitrogens is 3. The third kappa shape index (κ3) is 4.45. The van der Waals surface area contributed by atoms with Gasteiger partial charge in [0.15, 0.2) is 11.6 Å². The van der Waals surface area contributed by atoms with Crippen LogP contribution in [0.4, 0.5) is 11.5 Å². The third-order valence-corrected chi connectivity index (χ3v) is 4.89.